The molecule has 0 radical (unpaired) electrons. The first-order valence-corrected chi connectivity index (χ1v) is 14.7. The normalized spacial score (nSPS) is 17.1. The number of phenols is 1. The van der Waals surface area contributed by atoms with Gasteiger partial charge in [-0.1, -0.05) is 70.6 Å². The van der Waals surface area contributed by atoms with Gasteiger partial charge in [0.1, 0.15) is 18.5 Å². The predicted molar refractivity (Wildman–Crippen MR) is 156 cm³/mol. The number of esters is 2. The molecule has 42 heavy (non-hydrogen) atoms. The van der Waals surface area contributed by atoms with E-state index < -0.39 is 48.4 Å². The Labute approximate surface area is 246 Å². The van der Waals surface area contributed by atoms with Gasteiger partial charge in [-0.3, -0.25) is 9.59 Å². The maximum absolute atomic E-state index is 13.5. The molecule has 0 amide bonds. The molecule has 228 valence electrons. The van der Waals surface area contributed by atoms with Crippen molar-refractivity contribution in [1.82, 2.24) is 0 Å². The lowest BCUT2D eigenvalue weighted by Gasteiger charge is -2.25. The number of cyclic esters (lactones) is 1. The molecule has 1 heterocycles. The average molecular weight is 584 g/mol. The zero-order valence-corrected chi connectivity index (χ0v) is 24.3. The van der Waals surface area contributed by atoms with Gasteiger partial charge in [0.2, 0.25) is 11.9 Å². The molecule has 2 aromatic rings. The van der Waals surface area contributed by atoms with Crippen molar-refractivity contribution in [1.29, 1.82) is 0 Å². The standard InChI is InChI=1S/C32H41NO9/c1-3-5-7-11-17-33(18-12-8-6-4-2)21-15-16-24(25(34)19-21)27(36)22-13-9-10-14-23(22)31(39)41-20-26(35)30-28(37)29(38)32(40)42-30/h9-10,13-16,19,26,29-30,34-35,38H,3-8,11-12,17-18,20H2,1-2H3. The molecule has 3 N–H and O–H groups in total. The third-order valence-electron chi connectivity index (χ3n) is 7.30. The number of hydrogen-bond acceptors (Lipinski definition) is 10. The number of carbonyl (C=O) groups excluding carboxylic acids is 4. The van der Waals surface area contributed by atoms with Crippen LogP contribution in [0.25, 0.3) is 0 Å². The van der Waals surface area contributed by atoms with Gasteiger partial charge in [-0.25, -0.2) is 9.59 Å². The van der Waals surface area contributed by atoms with E-state index in [0.717, 1.165) is 57.3 Å². The maximum atomic E-state index is 13.5. The van der Waals surface area contributed by atoms with Crippen molar-refractivity contribution < 1.29 is 44.0 Å². The lowest BCUT2D eigenvalue weighted by atomic mass is 9.97. The van der Waals surface area contributed by atoms with Crippen molar-refractivity contribution >= 4 is 29.2 Å². The van der Waals surface area contributed by atoms with E-state index >= 15 is 0 Å². The SMILES string of the molecule is CCCCCCN(CCCCCC)c1ccc(C(=O)c2ccccc2C(=O)OCC(O)C2OC(=O)C(O)C2=O)c(O)c1. The lowest BCUT2D eigenvalue weighted by molar-refractivity contribution is -0.151. The molecule has 1 saturated heterocycles. The number of aliphatic hydroxyl groups excluding tert-OH is 2. The van der Waals surface area contributed by atoms with Crippen LogP contribution in [0.4, 0.5) is 5.69 Å². The third kappa shape index (κ3) is 8.39. The van der Waals surface area contributed by atoms with Crippen LogP contribution >= 0.6 is 0 Å². The number of aromatic hydroxyl groups is 1. The molecular weight excluding hydrogens is 542 g/mol. The highest BCUT2D eigenvalue weighted by atomic mass is 16.6. The summed E-state index contributed by atoms with van der Waals surface area (Å²) < 4.78 is 9.75. The summed E-state index contributed by atoms with van der Waals surface area (Å²) in [6.45, 7) is 5.32. The molecule has 3 rings (SSSR count). The number of Topliss-reactive ketones (excluding diaryl/α,β-unsaturated/α-hetero) is 1. The van der Waals surface area contributed by atoms with Crippen LogP contribution in [0.1, 0.15) is 91.5 Å². The number of unbranched alkanes of at least 4 members (excludes halogenated alkanes) is 6. The number of anilines is 1. The molecule has 0 bridgehead atoms. The topological polar surface area (TPSA) is 151 Å². The Morgan fingerprint density at radius 2 is 1.52 bits per heavy atom. The Hall–Kier alpha value is -3.76. The second-order valence-electron chi connectivity index (χ2n) is 10.5. The third-order valence-corrected chi connectivity index (χ3v) is 7.30. The Kier molecular flexibility index (Phi) is 12.5. The number of ether oxygens (including phenoxy) is 2. The zero-order valence-electron chi connectivity index (χ0n) is 24.3. The lowest BCUT2D eigenvalue weighted by Crippen LogP contribution is -2.38. The van der Waals surface area contributed by atoms with Crippen molar-refractivity contribution in [2.24, 2.45) is 0 Å². The van der Waals surface area contributed by atoms with Crippen LogP contribution in [0.2, 0.25) is 0 Å². The van der Waals surface area contributed by atoms with Gasteiger partial charge in [0.05, 0.1) is 11.1 Å². The van der Waals surface area contributed by atoms with E-state index in [-0.39, 0.29) is 22.4 Å². The first kappa shape index (κ1) is 32.8. The minimum Gasteiger partial charge on any atom is -0.507 e. The summed E-state index contributed by atoms with van der Waals surface area (Å²) in [6.07, 6.45) is 3.57. The smallest absolute Gasteiger partial charge is 0.343 e. The molecular formula is C32H41NO9. The van der Waals surface area contributed by atoms with Crippen LogP contribution in [0.15, 0.2) is 42.5 Å². The Balaban J connectivity index is 1.73. The fourth-order valence-corrected chi connectivity index (χ4v) is 4.86. The summed E-state index contributed by atoms with van der Waals surface area (Å²) in [5, 5.41) is 30.5. The van der Waals surface area contributed by atoms with Crippen LogP contribution < -0.4 is 4.90 Å². The van der Waals surface area contributed by atoms with Gasteiger partial charge in [0, 0.05) is 30.4 Å². The minimum atomic E-state index is -1.99. The molecule has 0 aliphatic carbocycles. The number of ketones is 2. The molecule has 1 aliphatic heterocycles. The van der Waals surface area contributed by atoms with Crippen molar-refractivity contribution in [3.8, 4) is 5.75 Å². The highest BCUT2D eigenvalue weighted by molar-refractivity contribution is 6.15. The second kappa shape index (κ2) is 16.0. The molecule has 2 aromatic carbocycles. The van der Waals surface area contributed by atoms with Crippen molar-refractivity contribution in [2.75, 3.05) is 24.6 Å². The number of phenolic OH excluding ortho intramolecular Hbond substituents is 1. The fourth-order valence-electron chi connectivity index (χ4n) is 4.86. The first-order valence-electron chi connectivity index (χ1n) is 14.7. The van der Waals surface area contributed by atoms with E-state index in [4.69, 9.17) is 4.74 Å². The number of hydrogen-bond donors (Lipinski definition) is 3. The Morgan fingerprint density at radius 3 is 2.07 bits per heavy atom. The van der Waals surface area contributed by atoms with Gasteiger partial charge >= 0.3 is 11.9 Å². The summed E-state index contributed by atoms with van der Waals surface area (Å²) >= 11 is 0. The molecule has 0 aromatic heterocycles. The number of nitrogens with zero attached hydrogens (tertiary/aromatic N) is 1. The van der Waals surface area contributed by atoms with E-state index in [1.165, 1.54) is 31.0 Å². The monoisotopic (exact) mass is 583 g/mol. The predicted octanol–water partition coefficient (Wildman–Crippen LogP) is 3.96. The van der Waals surface area contributed by atoms with E-state index in [2.05, 4.69) is 23.5 Å². The Morgan fingerprint density at radius 1 is 0.905 bits per heavy atom. The van der Waals surface area contributed by atoms with Crippen LogP contribution in [0.3, 0.4) is 0 Å². The second-order valence-corrected chi connectivity index (χ2v) is 10.5. The number of aliphatic hydroxyl groups is 2. The molecule has 1 aliphatic rings. The van der Waals surface area contributed by atoms with Crippen LogP contribution in [-0.2, 0) is 19.1 Å². The van der Waals surface area contributed by atoms with Crippen LogP contribution in [0, 0.1) is 0 Å². The van der Waals surface area contributed by atoms with Gasteiger partial charge in [0.15, 0.2) is 11.9 Å². The summed E-state index contributed by atoms with van der Waals surface area (Å²) in [7, 11) is 0. The van der Waals surface area contributed by atoms with E-state index in [1.807, 2.05) is 0 Å². The van der Waals surface area contributed by atoms with Crippen LogP contribution in [-0.4, -0.2) is 76.8 Å². The zero-order chi connectivity index (χ0) is 30.6. The van der Waals surface area contributed by atoms with Crippen molar-refractivity contribution in [3.05, 3.63) is 59.2 Å². The minimum absolute atomic E-state index is 0.0187. The van der Waals surface area contributed by atoms with Crippen LogP contribution in [0.5, 0.6) is 5.75 Å². The maximum Gasteiger partial charge on any atom is 0.343 e. The van der Waals surface area contributed by atoms with Gasteiger partial charge in [-0.15, -0.1) is 0 Å². The number of benzene rings is 2. The summed E-state index contributed by atoms with van der Waals surface area (Å²) in [6, 6.07) is 10.8. The van der Waals surface area contributed by atoms with Gasteiger partial charge < -0.3 is 29.7 Å². The quantitative estimate of drug-likeness (QED) is 0.108. The first-order chi connectivity index (χ1) is 20.2. The van der Waals surface area contributed by atoms with Gasteiger partial charge in [-0.05, 0) is 31.0 Å². The Bertz CT molecular complexity index is 1230. The summed E-state index contributed by atoms with van der Waals surface area (Å²) in [4.78, 5) is 51.8. The fraction of sp³-hybridized carbons (Fsp3) is 0.500. The molecule has 1 fully saturated rings. The molecule has 10 nitrogen and oxygen atoms in total. The number of rotatable bonds is 17. The molecule has 3 atom stereocenters. The van der Waals surface area contributed by atoms with Gasteiger partial charge in [0.25, 0.3) is 0 Å². The van der Waals surface area contributed by atoms with Crippen molar-refractivity contribution in [2.45, 2.75) is 83.5 Å². The van der Waals surface area contributed by atoms with E-state index in [1.54, 1.807) is 24.3 Å². The van der Waals surface area contributed by atoms with Gasteiger partial charge in [-0.2, -0.15) is 0 Å². The van der Waals surface area contributed by atoms with Crippen molar-refractivity contribution in [3.63, 3.8) is 0 Å². The van der Waals surface area contributed by atoms with E-state index in [0.29, 0.717) is 0 Å². The highest BCUT2D eigenvalue weighted by Crippen LogP contribution is 2.29. The molecule has 10 heteroatoms. The van der Waals surface area contributed by atoms with E-state index in [9.17, 15) is 34.5 Å². The molecule has 3 unspecified atom stereocenters. The number of carbonyl (C=O) groups is 4. The largest absolute Gasteiger partial charge is 0.507 e. The summed E-state index contributed by atoms with van der Waals surface area (Å²) in [5.74, 6) is -3.97. The average Bonchev–Trinajstić information content (AvgIpc) is 3.25. The molecule has 0 saturated carbocycles. The molecule has 0 spiro atoms. The highest BCUT2D eigenvalue weighted by Gasteiger charge is 2.46. The summed E-state index contributed by atoms with van der Waals surface area (Å²) in [5.41, 5.74) is 0.718.